The monoisotopic (exact) mass is 295 g/mol. The Morgan fingerprint density at radius 2 is 1.05 bits per heavy atom. The minimum absolute atomic E-state index is 0.833. The van der Waals surface area contributed by atoms with Crippen molar-refractivity contribution < 1.29 is 0 Å². The normalized spacial score (nSPS) is 14.3. The summed E-state index contributed by atoms with van der Waals surface area (Å²) >= 11 is 0. The van der Waals surface area contributed by atoms with E-state index in [0.29, 0.717) is 0 Å². The second kappa shape index (κ2) is 16.4. The largest absolute Gasteiger partial charge is 0.0654 e. The maximum atomic E-state index is 2.71. The second-order valence-corrected chi connectivity index (χ2v) is 7.12. The topological polar surface area (TPSA) is 0 Å². The van der Waals surface area contributed by atoms with E-state index in [0.717, 1.165) is 11.8 Å². The number of unbranched alkanes of at least 4 members (excludes halogenated alkanes) is 8. The van der Waals surface area contributed by atoms with E-state index in [1.54, 1.807) is 0 Å². The first kappa shape index (κ1) is 21.0. The number of hydrogen-bond acceptors (Lipinski definition) is 0. The molecule has 0 saturated carbocycles. The Balaban J connectivity index is 3.72. The fraction of sp³-hybridized carbons (Fsp3) is 0.952. The molecule has 0 nitrogen and oxygen atoms in total. The second-order valence-electron chi connectivity index (χ2n) is 7.12. The molecule has 0 aromatic carbocycles. The van der Waals surface area contributed by atoms with Crippen molar-refractivity contribution in [1.82, 2.24) is 0 Å². The molecule has 0 rings (SSSR count). The van der Waals surface area contributed by atoms with Gasteiger partial charge in [0.05, 0.1) is 0 Å². The van der Waals surface area contributed by atoms with Crippen molar-refractivity contribution in [3.05, 3.63) is 6.42 Å². The van der Waals surface area contributed by atoms with Crippen molar-refractivity contribution in [3.8, 4) is 0 Å². The van der Waals surface area contributed by atoms with Gasteiger partial charge in [-0.15, -0.1) is 0 Å². The molecule has 21 heavy (non-hydrogen) atoms. The standard InChI is InChI=1S/C21H43/c1-5-8-11-12-13-15-16-20(4)19-21(17-10-7-3)18-14-9-6-2/h19-21H,5-18H2,1-4H3. The lowest BCUT2D eigenvalue weighted by molar-refractivity contribution is 0.404. The van der Waals surface area contributed by atoms with Gasteiger partial charge in [-0.05, 0) is 18.3 Å². The van der Waals surface area contributed by atoms with Crippen molar-refractivity contribution in [2.24, 2.45) is 11.8 Å². The van der Waals surface area contributed by atoms with Crippen molar-refractivity contribution in [1.29, 1.82) is 0 Å². The Morgan fingerprint density at radius 3 is 1.71 bits per heavy atom. The van der Waals surface area contributed by atoms with Crippen LogP contribution in [0.15, 0.2) is 0 Å². The number of rotatable bonds is 16. The van der Waals surface area contributed by atoms with Gasteiger partial charge in [0.1, 0.15) is 0 Å². The van der Waals surface area contributed by atoms with Gasteiger partial charge in [-0.25, -0.2) is 0 Å². The predicted octanol–water partition coefficient (Wildman–Crippen LogP) is 7.96. The zero-order chi connectivity index (χ0) is 15.8. The zero-order valence-electron chi connectivity index (χ0n) is 15.6. The minimum atomic E-state index is 0.833. The summed E-state index contributed by atoms with van der Waals surface area (Å²) in [5.74, 6) is 1.73. The van der Waals surface area contributed by atoms with E-state index in [1.165, 1.54) is 89.9 Å². The van der Waals surface area contributed by atoms with Crippen LogP contribution in [0.2, 0.25) is 0 Å². The molecular weight excluding hydrogens is 252 g/mol. The van der Waals surface area contributed by atoms with E-state index in [2.05, 4.69) is 34.1 Å². The Morgan fingerprint density at radius 1 is 0.571 bits per heavy atom. The van der Waals surface area contributed by atoms with E-state index in [4.69, 9.17) is 0 Å². The smallest absolute Gasteiger partial charge is 0.0326 e. The molecule has 0 heterocycles. The molecule has 0 fully saturated rings. The van der Waals surface area contributed by atoms with E-state index in [1.807, 2.05) is 0 Å². The van der Waals surface area contributed by atoms with E-state index in [9.17, 15) is 0 Å². The average Bonchev–Trinajstić information content (AvgIpc) is 2.48. The summed E-state index contributed by atoms with van der Waals surface area (Å²) in [6.07, 6.45) is 22.6. The molecule has 0 aliphatic heterocycles. The Kier molecular flexibility index (Phi) is 16.4. The molecule has 0 N–H and O–H groups in total. The molecule has 0 aliphatic carbocycles. The van der Waals surface area contributed by atoms with Crippen LogP contribution in [0.4, 0.5) is 0 Å². The summed E-state index contributed by atoms with van der Waals surface area (Å²) in [5, 5.41) is 0. The van der Waals surface area contributed by atoms with Crippen LogP contribution in [-0.2, 0) is 0 Å². The highest BCUT2D eigenvalue weighted by Crippen LogP contribution is 2.26. The molecule has 0 aromatic heterocycles. The van der Waals surface area contributed by atoms with Crippen LogP contribution in [0.25, 0.3) is 0 Å². The molecule has 2 unspecified atom stereocenters. The molecule has 0 aliphatic rings. The summed E-state index contributed by atoms with van der Waals surface area (Å²) in [5.41, 5.74) is 0. The van der Waals surface area contributed by atoms with Gasteiger partial charge in [0, 0.05) is 0 Å². The summed E-state index contributed by atoms with van der Waals surface area (Å²) in [6.45, 7) is 9.38. The third-order valence-electron chi connectivity index (χ3n) is 4.72. The fourth-order valence-electron chi connectivity index (χ4n) is 3.27. The van der Waals surface area contributed by atoms with Crippen LogP contribution >= 0.6 is 0 Å². The lowest BCUT2D eigenvalue weighted by Gasteiger charge is -2.20. The Hall–Kier alpha value is 0. The summed E-state index contributed by atoms with van der Waals surface area (Å²) in [4.78, 5) is 0. The molecule has 0 bridgehead atoms. The first-order chi connectivity index (χ1) is 10.2. The van der Waals surface area contributed by atoms with Crippen LogP contribution in [0.1, 0.15) is 118 Å². The van der Waals surface area contributed by atoms with Crippen molar-refractivity contribution >= 4 is 0 Å². The highest BCUT2D eigenvalue weighted by atomic mass is 14.2. The molecule has 2 atom stereocenters. The lowest BCUT2D eigenvalue weighted by Crippen LogP contribution is -2.08. The van der Waals surface area contributed by atoms with Crippen LogP contribution < -0.4 is 0 Å². The highest BCUT2D eigenvalue weighted by molar-refractivity contribution is 4.81. The van der Waals surface area contributed by atoms with Crippen LogP contribution in [0, 0.1) is 18.3 Å². The SMILES string of the molecule is CCCCCCCCC(C)[CH]C(CCCC)CCCCC. The summed E-state index contributed by atoms with van der Waals surface area (Å²) < 4.78 is 0. The van der Waals surface area contributed by atoms with Gasteiger partial charge in [-0.3, -0.25) is 0 Å². The molecular formula is C21H43. The van der Waals surface area contributed by atoms with Crippen LogP contribution in [0.3, 0.4) is 0 Å². The molecule has 127 valence electrons. The van der Waals surface area contributed by atoms with Crippen molar-refractivity contribution in [2.75, 3.05) is 0 Å². The summed E-state index contributed by atoms with van der Waals surface area (Å²) in [6, 6.07) is 0. The minimum Gasteiger partial charge on any atom is -0.0654 e. The van der Waals surface area contributed by atoms with Crippen LogP contribution in [0.5, 0.6) is 0 Å². The zero-order valence-corrected chi connectivity index (χ0v) is 15.6. The first-order valence-electron chi connectivity index (χ1n) is 10.1. The Labute approximate surface area is 136 Å². The van der Waals surface area contributed by atoms with Crippen LogP contribution in [-0.4, -0.2) is 0 Å². The third-order valence-corrected chi connectivity index (χ3v) is 4.72. The van der Waals surface area contributed by atoms with Crippen molar-refractivity contribution in [2.45, 2.75) is 118 Å². The molecule has 1 radical (unpaired) electrons. The van der Waals surface area contributed by atoms with Crippen molar-refractivity contribution in [3.63, 3.8) is 0 Å². The lowest BCUT2D eigenvalue weighted by atomic mass is 9.85. The first-order valence-corrected chi connectivity index (χ1v) is 10.1. The van der Waals surface area contributed by atoms with Gasteiger partial charge in [0.25, 0.3) is 0 Å². The van der Waals surface area contributed by atoms with E-state index in [-0.39, 0.29) is 0 Å². The molecule has 0 aromatic rings. The quantitative estimate of drug-likeness (QED) is 0.253. The van der Waals surface area contributed by atoms with Gasteiger partial charge in [0.15, 0.2) is 0 Å². The van der Waals surface area contributed by atoms with Gasteiger partial charge >= 0.3 is 0 Å². The van der Waals surface area contributed by atoms with Gasteiger partial charge in [-0.1, -0.05) is 118 Å². The molecule has 0 amide bonds. The third kappa shape index (κ3) is 14.7. The highest BCUT2D eigenvalue weighted by Gasteiger charge is 2.13. The molecule has 0 heteroatoms. The number of hydrogen-bond donors (Lipinski definition) is 0. The predicted molar refractivity (Wildman–Crippen MR) is 98.6 cm³/mol. The van der Waals surface area contributed by atoms with Gasteiger partial charge < -0.3 is 0 Å². The summed E-state index contributed by atoms with van der Waals surface area (Å²) in [7, 11) is 0. The molecule has 0 saturated heterocycles. The van der Waals surface area contributed by atoms with E-state index < -0.39 is 0 Å². The van der Waals surface area contributed by atoms with E-state index >= 15 is 0 Å². The fourth-order valence-corrected chi connectivity index (χ4v) is 3.27. The Bertz CT molecular complexity index is 184. The van der Waals surface area contributed by atoms with Gasteiger partial charge in [0.2, 0.25) is 0 Å². The maximum Gasteiger partial charge on any atom is -0.0326 e. The average molecular weight is 296 g/mol. The van der Waals surface area contributed by atoms with Gasteiger partial charge in [-0.2, -0.15) is 0 Å². The maximum absolute atomic E-state index is 2.71. The molecule has 0 spiro atoms.